The highest BCUT2D eigenvalue weighted by Gasteiger charge is 2.38. The summed E-state index contributed by atoms with van der Waals surface area (Å²) < 4.78 is 31.2. The van der Waals surface area contributed by atoms with E-state index >= 15 is 0 Å². The van der Waals surface area contributed by atoms with Crippen molar-refractivity contribution in [3.63, 3.8) is 0 Å². The Morgan fingerprint density at radius 2 is 1.97 bits per heavy atom. The minimum atomic E-state index is -4.25. The lowest BCUT2D eigenvalue weighted by Crippen LogP contribution is -2.51. The molecule has 0 amide bonds. The average Bonchev–Trinajstić information content (AvgIpc) is 3.21. The maximum absolute atomic E-state index is 13.0. The third kappa shape index (κ3) is 6.33. The molecule has 3 rings (SSSR count). The van der Waals surface area contributed by atoms with Crippen LogP contribution in [-0.4, -0.2) is 62.2 Å². The summed E-state index contributed by atoms with van der Waals surface area (Å²) in [5.74, 6) is 9.78. The number of hydrogen-bond acceptors (Lipinski definition) is 10. The van der Waals surface area contributed by atoms with E-state index in [4.69, 9.17) is 21.3 Å². The summed E-state index contributed by atoms with van der Waals surface area (Å²) in [6.07, 6.45) is 1.15. The van der Waals surface area contributed by atoms with Crippen LogP contribution >= 0.6 is 0 Å². The Bertz CT molecular complexity index is 1220. The number of hydrogen-bond donors (Lipinski definition) is 2. The van der Waals surface area contributed by atoms with Gasteiger partial charge >= 0.3 is 5.97 Å². The fraction of sp³-hybridized carbons (Fsp3) is 0.375. The first kappa shape index (κ1) is 27.4. The number of hydrazine groups is 1. The molecule has 36 heavy (non-hydrogen) atoms. The van der Waals surface area contributed by atoms with Gasteiger partial charge in [0, 0.05) is 19.9 Å². The first-order valence-electron chi connectivity index (χ1n) is 11.2. The van der Waals surface area contributed by atoms with Gasteiger partial charge in [0.1, 0.15) is 11.8 Å². The molecule has 11 nitrogen and oxygen atoms in total. The molecule has 0 bridgehead atoms. The van der Waals surface area contributed by atoms with Crippen LogP contribution in [0.1, 0.15) is 42.0 Å². The van der Waals surface area contributed by atoms with E-state index in [0.717, 1.165) is 18.2 Å². The zero-order chi connectivity index (χ0) is 26.5. The molecular weight excluding hydrogens is 486 g/mol. The minimum Gasteiger partial charge on any atom is -0.468 e. The number of ketones is 1. The number of nitrogens with zero attached hydrogens (tertiary/aromatic N) is 3. The number of benzene rings is 2. The fourth-order valence-corrected chi connectivity index (χ4v) is 5.46. The zero-order valence-electron chi connectivity index (χ0n) is 20.4. The number of methoxy groups -OCH3 is 1. The third-order valence-corrected chi connectivity index (χ3v) is 7.67. The summed E-state index contributed by atoms with van der Waals surface area (Å²) in [5.41, 5.74) is 2.55. The van der Waals surface area contributed by atoms with Gasteiger partial charge in [-0.25, -0.2) is 8.42 Å². The van der Waals surface area contributed by atoms with E-state index in [9.17, 15) is 18.0 Å². The molecule has 0 aliphatic carbocycles. The van der Waals surface area contributed by atoms with Crippen molar-refractivity contribution >= 4 is 28.0 Å². The highest BCUT2D eigenvalue weighted by atomic mass is 32.2. The summed E-state index contributed by atoms with van der Waals surface area (Å²) in [4.78, 5) is 31.1. The summed E-state index contributed by atoms with van der Waals surface area (Å²) in [6.45, 7) is 1.73. The van der Waals surface area contributed by atoms with Crippen molar-refractivity contribution in [1.29, 1.82) is 0 Å². The number of hydrazone groups is 1. The predicted molar refractivity (Wildman–Crippen MR) is 133 cm³/mol. The van der Waals surface area contributed by atoms with Crippen LogP contribution < -0.4 is 11.7 Å². The van der Waals surface area contributed by atoms with Crippen molar-refractivity contribution in [2.24, 2.45) is 16.8 Å². The molecule has 4 N–H and O–H groups in total. The average molecular weight is 518 g/mol. The first-order valence-corrected chi connectivity index (χ1v) is 12.7. The van der Waals surface area contributed by atoms with Crippen molar-refractivity contribution in [3.05, 3.63) is 65.2 Å². The van der Waals surface area contributed by atoms with Gasteiger partial charge in [-0.1, -0.05) is 36.4 Å². The number of nitrogens with two attached hydrogens (primary N) is 2. The molecule has 0 spiro atoms. The molecular formula is C24H31N5O6S. The summed E-state index contributed by atoms with van der Waals surface area (Å²) in [6, 6.07) is 12.1. The molecule has 1 fully saturated rings. The Morgan fingerprint density at radius 3 is 2.58 bits per heavy atom. The standard InChI is InChI=1S/C24H31N5O6S/c1-16-5-4-6-21(11-16)36(32,33)29(26)23(24(31)34-3)13-19(30)12-20-14-22(28(2)35-20)18-9-7-17(8-10-18)15-27-25/h4-11,15,20,22-23H,12-14,25-26H2,1-3H3/t20-,22-,23+/m1/s1. The van der Waals surface area contributed by atoms with Crippen LogP contribution in [0.5, 0.6) is 0 Å². The largest absolute Gasteiger partial charge is 0.468 e. The summed E-state index contributed by atoms with van der Waals surface area (Å²) >= 11 is 0. The van der Waals surface area contributed by atoms with Crippen molar-refractivity contribution in [2.75, 3.05) is 14.2 Å². The smallest absolute Gasteiger partial charge is 0.326 e. The number of ether oxygens (including phenoxy) is 1. The number of hydroxylamine groups is 2. The van der Waals surface area contributed by atoms with Gasteiger partial charge in [0.2, 0.25) is 0 Å². The maximum Gasteiger partial charge on any atom is 0.326 e. The van der Waals surface area contributed by atoms with Gasteiger partial charge in [-0.15, -0.1) is 4.41 Å². The predicted octanol–water partition coefficient (Wildman–Crippen LogP) is 1.42. The van der Waals surface area contributed by atoms with Crippen LogP contribution in [0.2, 0.25) is 0 Å². The van der Waals surface area contributed by atoms with E-state index in [-0.39, 0.29) is 23.1 Å². The molecule has 0 radical (unpaired) electrons. The lowest BCUT2D eigenvalue weighted by atomic mass is 9.97. The second kappa shape index (κ2) is 11.7. The third-order valence-electron chi connectivity index (χ3n) is 6.01. The highest BCUT2D eigenvalue weighted by Crippen LogP contribution is 2.34. The Morgan fingerprint density at radius 1 is 1.28 bits per heavy atom. The minimum absolute atomic E-state index is 0.0232. The molecule has 1 aliphatic heterocycles. The molecule has 0 saturated carbocycles. The SMILES string of the molecule is COC(=O)[C@H](CC(=O)C[C@@H]1C[C@H](c2ccc(C=NN)cc2)N(C)O1)N(N)S(=O)(=O)c1cccc(C)c1. The quantitative estimate of drug-likeness (QED) is 0.206. The number of esters is 1. The van der Waals surface area contributed by atoms with E-state index in [1.165, 1.54) is 18.3 Å². The number of Topliss-reactive ketones (excluding diaryl/α,β-unsaturated/α-hetero) is 1. The van der Waals surface area contributed by atoms with E-state index in [2.05, 4.69) is 5.10 Å². The van der Waals surface area contributed by atoms with Crippen LogP contribution in [0.15, 0.2) is 58.5 Å². The van der Waals surface area contributed by atoms with E-state index in [0.29, 0.717) is 16.4 Å². The maximum atomic E-state index is 13.0. The zero-order valence-corrected chi connectivity index (χ0v) is 21.2. The Kier molecular flexibility index (Phi) is 8.93. The Hall–Kier alpha value is -3.16. The van der Waals surface area contributed by atoms with Gasteiger partial charge in [0.15, 0.2) is 0 Å². The Balaban J connectivity index is 1.69. The van der Waals surface area contributed by atoms with Crippen LogP contribution in [0.4, 0.5) is 0 Å². The number of sulfonamides is 1. The van der Waals surface area contributed by atoms with Crippen LogP contribution in [-0.2, 0) is 29.2 Å². The molecule has 3 atom stereocenters. The molecule has 0 aromatic heterocycles. The summed E-state index contributed by atoms with van der Waals surface area (Å²) in [5, 5.41) is 5.18. The number of rotatable bonds is 10. The molecule has 1 saturated heterocycles. The van der Waals surface area contributed by atoms with Crippen LogP contribution in [0.25, 0.3) is 0 Å². The number of carbonyl (C=O) groups is 2. The molecule has 12 heteroatoms. The second-order valence-electron chi connectivity index (χ2n) is 8.61. The Labute approximate surface area is 210 Å². The van der Waals surface area contributed by atoms with Crippen molar-refractivity contribution in [2.45, 2.75) is 49.3 Å². The molecule has 194 valence electrons. The van der Waals surface area contributed by atoms with E-state index < -0.39 is 34.6 Å². The number of aryl methyl sites for hydroxylation is 1. The lowest BCUT2D eigenvalue weighted by Gasteiger charge is -2.24. The van der Waals surface area contributed by atoms with Crippen molar-refractivity contribution < 1.29 is 27.6 Å². The van der Waals surface area contributed by atoms with E-state index in [1.54, 1.807) is 31.2 Å². The first-order chi connectivity index (χ1) is 17.1. The van der Waals surface area contributed by atoms with Crippen LogP contribution in [0.3, 0.4) is 0 Å². The highest BCUT2D eigenvalue weighted by molar-refractivity contribution is 7.89. The topological polar surface area (TPSA) is 158 Å². The van der Waals surface area contributed by atoms with Gasteiger partial charge in [0.25, 0.3) is 10.0 Å². The van der Waals surface area contributed by atoms with Crippen molar-refractivity contribution in [3.8, 4) is 0 Å². The normalized spacial score (nSPS) is 19.6. The molecule has 1 aliphatic rings. The van der Waals surface area contributed by atoms with E-state index in [1.807, 2.05) is 24.3 Å². The van der Waals surface area contributed by atoms with Gasteiger partial charge in [-0.2, -0.15) is 10.2 Å². The van der Waals surface area contributed by atoms with Crippen LogP contribution in [0, 0.1) is 6.92 Å². The van der Waals surface area contributed by atoms with Crippen molar-refractivity contribution in [1.82, 2.24) is 9.48 Å². The molecule has 1 heterocycles. The molecule has 2 aromatic carbocycles. The molecule has 0 unspecified atom stereocenters. The van der Waals surface area contributed by atoms with Gasteiger partial charge in [0.05, 0.1) is 30.4 Å². The molecule has 2 aromatic rings. The monoisotopic (exact) mass is 517 g/mol. The van der Waals surface area contributed by atoms with Gasteiger partial charge < -0.3 is 10.6 Å². The lowest BCUT2D eigenvalue weighted by molar-refractivity contribution is -0.154. The van der Waals surface area contributed by atoms with Gasteiger partial charge in [-0.3, -0.25) is 20.3 Å². The van der Waals surface area contributed by atoms with Gasteiger partial charge in [-0.05, 0) is 42.2 Å². The second-order valence-corrected chi connectivity index (χ2v) is 10.5. The summed E-state index contributed by atoms with van der Waals surface area (Å²) in [7, 11) is -1.36. The fourth-order valence-electron chi connectivity index (χ4n) is 4.14. The number of carbonyl (C=O) groups excluding carboxylic acids is 2.